The van der Waals surface area contributed by atoms with Crippen LogP contribution >= 0.6 is 0 Å². The highest BCUT2D eigenvalue weighted by Crippen LogP contribution is 2.30. The Morgan fingerprint density at radius 3 is 2.33 bits per heavy atom. The number of Topliss-reactive ketones (excluding diaryl/α,β-unsaturated/α-hetero) is 1. The van der Waals surface area contributed by atoms with E-state index in [-0.39, 0.29) is 30.6 Å². The van der Waals surface area contributed by atoms with Crippen LogP contribution in [-0.4, -0.2) is 32.0 Å². The zero-order valence-corrected chi connectivity index (χ0v) is 18.2. The zero-order chi connectivity index (χ0) is 21.9. The Hall–Kier alpha value is -3.02. The van der Waals surface area contributed by atoms with Crippen LogP contribution in [0.5, 0.6) is 17.2 Å². The fourth-order valence-corrected chi connectivity index (χ4v) is 2.96. The van der Waals surface area contributed by atoms with E-state index in [4.69, 9.17) is 14.2 Å². The van der Waals surface area contributed by atoms with Gasteiger partial charge in [0.1, 0.15) is 5.75 Å². The summed E-state index contributed by atoms with van der Waals surface area (Å²) >= 11 is 0. The highest BCUT2D eigenvalue weighted by Gasteiger charge is 2.15. The molecule has 0 saturated carbocycles. The molecule has 1 amide bonds. The summed E-state index contributed by atoms with van der Waals surface area (Å²) in [6, 6.07) is 12.4. The van der Waals surface area contributed by atoms with Crippen molar-refractivity contribution in [2.45, 2.75) is 46.1 Å². The maximum atomic E-state index is 12.3. The Kier molecular flexibility index (Phi) is 9.19. The molecule has 1 N–H and O–H groups in total. The monoisotopic (exact) mass is 413 g/mol. The first-order chi connectivity index (χ1) is 14.5. The summed E-state index contributed by atoms with van der Waals surface area (Å²) in [6.07, 6.45) is 1.19. The molecule has 0 aromatic heterocycles. The van der Waals surface area contributed by atoms with Crippen LogP contribution < -0.4 is 19.5 Å². The summed E-state index contributed by atoms with van der Waals surface area (Å²) in [4.78, 5) is 24.7. The molecule has 6 nitrogen and oxygen atoms in total. The van der Waals surface area contributed by atoms with Gasteiger partial charge in [-0.05, 0) is 62.2 Å². The molecule has 0 aliphatic rings. The second-order valence-electron chi connectivity index (χ2n) is 6.93. The van der Waals surface area contributed by atoms with Crippen LogP contribution in [0.15, 0.2) is 42.5 Å². The van der Waals surface area contributed by atoms with E-state index in [1.54, 1.807) is 31.4 Å². The first-order valence-electron chi connectivity index (χ1n) is 10.3. The largest absolute Gasteiger partial charge is 0.494 e. The summed E-state index contributed by atoms with van der Waals surface area (Å²) in [5.74, 6) is 1.80. The van der Waals surface area contributed by atoms with Gasteiger partial charge in [0.25, 0.3) is 0 Å². The van der Waals surface area contributed by atoms with Gasteiger partial charge in [-0.3, -0.25) is 9.59 Å². The van der Waals surface area contributed by atoms with E-state index in [0.717, 1.165) is 17.7 Å². The van der Waals surface area contributed by atoms with Crippen LogP contribution in [0.1, 0.15) is 62.0 Å². The maximum absolute atomic E-state index is 12.3. The van der Waals surface area contributed by atoms with Gasteiger partial charge >= 0.3 is 0 Å². The van der Waals surface area contributed by atoms with E-state index < -0.39 is 0 Å². The Morgan fingerprint density at radius 2 is 1.70 bits per heavy atom. The van der Waals surface area contributed by atoms with E-state index in [1.165, 1.54) is 0 Å². The minimum atomic E-state index is -0.216. The summed E-state index contributed by atoms with van der Waals surface area (Å²) < 4.78 is 16.4. The molecule has 1 unspecified atom stereocenters. The third kappa shape index (κ3) is 6.79. The molecule has 2 aromatic carbocycles. The normalized spacial score (nSPS) is 11.5. The number of ketones is 1. The fraction of sp³-hybridized carbons (Fsp3) is 0.417. The number of amides is 1. The number of carbonyl (C=O) groups is 2. The molecule has 2 rings (SSSR count). The van der Waals surface area contributed by atoms with Gasteiger partial charge in [-0.2, -0.15) is 0 Å². The van der Waals surface area contributed by atoms with Crippen LogP contribution in [0, 0.1) is 0 Å². The number of carbonyl (C=O) groups excluding carboxylic acids is 2. The standard InChI is InChI=1S/C24H31NO5/c1-5-15-30-22-13-9-19(16-23(22)28-4)17(3)25-24(27)14-12-21(26)18-7-10-20(11-8-18)29-6-2/h7-11,13,16-17H,5-6,12,14-15H2,1-4H3,(H,25,27). The predicted molar refractivity (Wildman–Crippen MR) is 117 cm³/mol. The summed E-state index contributed by atoms with van der Waals surface area (Å²) in [7, 11) is 1.59. The SMILES string of the molecule is CCCOc1ccc(C(C)NC(=O)CCC(=O)c2ccc(OCC)cc2)cc1OC. The third-order valence-electron chi connectivity index (χ3n) is 4.59. The van der Waals surface area contributed by atoms with Gasteiger partial charge in [0.05, 0.1) is 26.4 Å². The summed E-state index contributed by atoms with van der Waals surface area (Å²) in [5.41, 5.74) is 1.48. The second-order valence-corrected chi connectivity index (χ2v) is 6.93. The molecule has 0 saturated heterocycles. The highest BCUT2D eigenvalue weighted by molar-refractivity contribution is 5.98. The quantitative estimate of drug-likeness (QED) is 0.510. The van der Waals surface area contributed by atoms with Crippen LogP contribution in [0.3, 0.4) is 0 Å². The van der Waals surface area contributed by atoms with Crippen molar-refractivity contribution in [2.24, 2.45) is 0 Å². The van der Waals surface area contributed by atoms with Gasteiger partial charge in [0, 0.05) is 18.4 Å². The van der Waals surface area contributed by atoms with Crippen molar-refractivity contribution in [3.05, 3.63) is 53.6 Å². The molecule has 0 heterocycles. The number of nitrogens with one attached hydrogen (secondary N) is 1. The molecule has 6 heteroatoms. The molecule has 0 radical (unpaired) electrons. The number of hydrogen-bond acceptors (Lipinski definition) is 5. The Morgan fingerprint density at radius 1 is 0.967 bits per heavy atom. The van der Waals surface area contributed by atoms with E-state index in [1.807, 2.05) is 39.0 Å². The van der Waals surface area contributed by atoms with Gasteiger partial charge < -0.3 is 19.5 Å². The Bertz CT molecular complexity index is 832. The van der Waals surface area contributed by atoms with Gasteiger partial charge in [-0.1, -0.05) is 13.0 Å². The van der Waals surface area contributed by atoms with Crippen molar-refractivity contribution in [3.63, 3.8) is 0 Å². The van der Waals surface area contributed by atoms with Crippen molar-refractivity contribution in [3.8, 4) is 17.2 Å². The molecule has 2 aromatic rings. The van der Waals surface area contributed by atoms with Crippen molar-refractivity contribution >= 4 is 11.7 Å². The van der Waals surface area contributed by atoms with Crippen molar-refractivity contribution in [1.29, 1.82) is 0 Å². The van der Waals surface area contributed by atoms with E-state index in [9.17, 15) is 9.59 Å². The third-order valence-corrected chi connectivity index (χ3v) is 4.59. The smallest absolute Gasteiger partial charge is 0.220 e. The van der Waals surface area contributed by atoms with Gasteiger partial charge in [-0.15, -0.1) is 0 Å². The Balaban J connectivity index is 1.88. The average molecular weight is 414 g/mol. The molecule has 0 spiro atoms. The molecule has 0 aliphatic carbocycles. The molecular formula is C24H31NO5. The zero-order valence-electron chi connectivity index (χ0n) is 18.2. The predicted octanol–water partition coefficient (Wildman–Crippen LogP) is 4.72. The first kappa shape index (κ1) is 23.3. The molecule has 0 fully saturated rings. The summed E-state index contributed by atoms with van der Waals surface area (Å²) in [5, 5.41) is 2.94. The van der Waals surface area contributed by atoms with E-state index in [0.29, 0.717) is 30.3 Å². The molecule has 162 valence electrons. The van der Waals surface area contributed by atoms with Crippen molar-refractivity contribution in [1.82, 2.24) is 5.32 Å². The van der Waals surface area contributed by atoms with E-state index in [2.05, 4.69) is 5.32 Å². The van der Waals surface area contributed by atoms with Crippen LogP contribution in [0.25, 0.3) is 0 Å². The first-order valence-corrected chi connectivity index (χ1v) is 10.3. The lowest BCUT2D eigenvalue weighted by Gasteiger charge is -2.17. The van der Waals surface area contributed by atoms with Gasteiger partial charge in [-0.25, -0.2) is 0 Å². The fourth-order valence-electron chi connectivity index (χ4n) is 2.96. The minimum absolute atomic E-state index is 0.0695. The lowest BCUT2D eigenvalue weighted by molar-refractivity contribution is -0.121. The van der Waals surface area contributed by atoms with Crippen LogP contribution in [0.2, 0.25) is 0 Å². The van der Waals surface area contributed by atoms with Crippen LogP contribution in [-0.2, 0) is 4.79 Å². The number of rotatable bonds is 12. The van der Waals surface area contributed by atoms with Gasteiger partial charge in [0.15, 0.2) is 17.3 Å². The molecule has 0 aliphatic heterocycles. The highest BCUT2D eigenvalue weighted by atomic mass is 16.5. The maximum Gasteiger partial charge on any atom is 0.220 e. The van der Waals surface area contributed by atoms with Crippen molar-refractivity contribution < 1.29 is 23.8 Å². The molecular weight excluding hydrogens is 382 g/mol. The van der Waals surface area contributed by atoms with E-state index >= 15 is 0 Å². The Labute approximate surface area is 178 Å². The van der Waals surface area contributed by atoms with Crippen molar-refractivity contribution in [2.75, 3.05) is 20.3 Å². The molecule has 30 heavy (non-hydrogen) atoms. The van der Waals surface area contributed by atoms with Crippen LogP contribution in [0.4, 0.5) is 0 Å². The number of benzene rings is 2. The second kappa shape index (κ2) is 11.9. The number of ether oxygens (including phenoxy) is 3. The average Bonchev–Trinajstić information content (AvgIpc) is 2.76. The minimum Gasteiger partial charge on any atom is -0.494 e. The molecule has 1 atom stereocenters. The number of hydrogen-bond donors (Lipinski definition) is 1. The van der Waals surface area contributed by atoms with Gasteiger partial charge in [0.2, 0.25) is 5.91 Å². The lowest BCUT2D eigenvalue weighted by atomic mass is 10.0. The topological polar surface area (TPSA) is 73.9 Å². The lowest BCUT2D eigenvalue weighted by Crippen LogP contribution is -2.27. The molecule has 0 bridgehead atoms. The summed E-state index contributed by atoms with van der Waals surface area (Å²) in [6.45, 7) is 7.03. The number of methoxy groups -OCH3 is 1.